The van der Waals surface area contributed by atoms with E-state index < -0.39 is 5.97 Å². The van der Waals surface area contributed by atoms with Crippen LogP contribution < -0.4 is 5.56 Å². The highest BCUT2D eigenvalue weighted by Gasteiger charge is 2.15. The van der Waals surface area contributed by atoms with Gasteiger partial charge in [-0.2, -0.15) is 0 Å². The van der Waals surface area contributed by atoms with E-state index in [-0.39, 0.29) is 16.1 Å². The molecule has 0 radical (unpaired) electrons. The summed E-state index contributed by atoms with van der Waals surface area (Å²) in [6.45, 7) is 0. The highest BCUT2D eigenvalue weighted by molar-refractivity contribution is 7.99. The maximum atomic E-state index is 11.1. The Balaban J connectivity index is 2.43. The molecule has 0 aliphatic heterocycles. The Bertz CT molecular complexity index is 657. The molecule has 0 bridgehead atoms. The first kappa shape index (κ1) is 12.7. The molecule has 2 rings (SSSR count). The van der Waals surface area contributed by atoms with Crippen LogP contribution in [0.2, 0.25) is 5.02 Å². The summed E-state index contributed by atoms with van der Waals surface area (Å²) >= 11 is 6.87. The molecular formula is C11H7ClN2O3S. The van der Waals surface area contributed by atoms with Gasteiger partial charge in [0.25, 0.3) is 5.56 Å². The number of rotatable bonds is 3. The van der Waals surface area contributed by atoms with Crippen LogP contribution >= 0.6 is 23.4 Å². The second-order valence-corrected chi connectivity index (χ2v) is 4.70. The number of hydrogen-bond donors (Lipinski definition) is 2. The predicted molar refractivity (Wildman–Crippen MR) is 67.4 cm³/mol. The summed E-state index contributed by atoms with van der Waals surface area (Å²) in [5.74, 6) is -1.12. The Morgan fingerprint density at radius 1 is 1.39 bits per heavy atom. The minimum atomic E-state index is -1.12. The third-order valence-electron chi connectivity index (χ3n) is 2.04. The van der Waals surface area contributed by atoms with E-state index in [1.807, 2.05) is 0 Å². The standard InChI is InChI=1S/C11H7ClN2O3S/c12-6-2-1-3-7(9(6)10(16)17)18-11-13-5-4-8(15)14-11/h1-5H,(H,16,17)(H,13,14,15). The zero-order valence-electron chi connectivity index (χ0n) is 8.88. The van der Waals surface area contributed by atoms with E-state index in [4.69, 9.17) is 16.7 Å². The van der Waals surface area contributed by atoms with E-state index in [1.165, 1.54) is 18.3 Å². The molecule has 0 unspecified atom stereocenters. The summed E-state index contributed by atoms with van der Waals surface area (Å²) in [5.41, 5.74) is -0.304. The summed E-state index contributed by atoms with van der Waals surface area (Å²) in [5, 5.41) is 9.55. The number of nitrogens with one attached hydrogen (secondary N) is 1. The maximum Gasteiger partial charge on any atom is 0.338 e. The van der Waals surface area contributed by atoms with Gasteiger partial charge in [-0.1, -0.05) is 29.4 Å². The second kappa shape index (κ2) is 5.24. The molecule has 7 heteroatoms. The van der Waals surface area contributed by atoms with Gasteiger partial charge in [0.1, 0.15) is 0 Å². The van der Waals surface area contributed by atoms with Crippen molar-refractivity contribution in [2.45, 2.75) is 10.1 Å². The van der Waals surface area contributed by atoms with Crippen molar-refractivity contribution in [2.24, 2.45) is 0 Å². The van der Waals surface area contributed by atoms with Crippen molar-refractivity contribution in [1.29, 1.82) is 0 Å². The summed E-state index contributed by atoms with van der Waals surface area (Å²) in [7, 11) is 0. The first-order valence-corrected chi connectivity index (χ1v) is 6.02. The predicted octanol–water partition coefficient (Wildman–Crippen LogP) is 2.27. The highest BCUT2D eigenvalue weighted by Crippen LogP contribution is 2.31. The summed E-state index contributed by atoms with van der Waals surface area (Å²) in [4.78, 5) is 29.1. The Kier molecular flexibility index (Phi) is 3.69. The van der Waals surface area contributed by atoms with E-state index in [2.05, 4.69) is 9.97 Å². The number of carboxylic acid groups (broad SMARTS) is 1. The van der Waals surface area contributed by atoms with E-state index in [1.54, 1.807) is 12.1 Å². The highest BCUT2D eigenvalue weighted by atomic mass is 35.5. The summed E-state index contributed by atoms with van der Waals surface area (Å²) < 4.78 is 0. The Morgan fingerprint density at radius 3 is 2.83 bits per heavy atom. The largest absolute Gasteiger partial charge is 0.478 e. The average molecular weight is 283 g/mol. The first-order chi connectivity index (χ1) is 8.58. The number of benzene rings is 1. The fourth-order valence-corrected chi connectivity index (χ4v) is 2.54. The zero-order valence-corrected chi connectivity index (χ0v) is 10.5. The molecular weight excluding hydrogens is 276 g/mol. The molecule has 0 fully saturated rings. The van der Waals surface area contributed by atoms with Gasteiger partial charge in [-0.25, -0.2) is 9.78 Å². The lowest BCUT2D eigenvalue weighted by Gasteiger charge is -2.06. The maximum absolute atomic E-state index is 11.1. The first-order valence-electron chi connectivity index (χ1n) is 4.83. The lowest BCUT2D eigenvalue weighted by Crippen LogP contribution is -2.06. The van der Waals surface area contributed by atoms with Gasteiger partial charge in [0.15, 0.2) is 5.16 Å². The van der Waals surface area contributed by atoms with Crippen LogP contribution in [0.5, 0.6) is 0 Å². The third kappa shape index (κ3) is 2.72. The Labute approximate surface area is 111 Å². The molecule has 0 saturated carbocycles. The molecule has 1 aromatic carbocycles. The number of aromatic carboxylic acids is 1. The lowest BCUT2D eigenvalue weighted by molar-refractivity contribution is 0.0693. The van der Waals surface area contributed by atoms with E-state index in [0.717, 1.165) is 11.8 Å². The third-order valence-corrected chi connectivity index (χ3v) is 3.32. The smallest absolute Gasteiger partial charge is 0.338 e. The lowest BCUT2D eigenvalue weighted by atomic mass is 10.2. The van der Waals surface area contributed by atoms with Crippen LogP contribution in [-0.2, 0) is 0 Å². The van der Waals surface area contributed by atoms with Gasteiger partial charge in [0.05, 0.1) is 10.6 Å². The number of carbonyl (C=O) groups is 1. The van der Waals surface area contributed by atoms with Gasteiger partial charge in [-0.15, -0.1) is 0 Å². The van der Waals surface area contributed by atoms with Crippen molar-refractivity contribution in [3.8, 4) is 0 Å². The number of aromatic amines is 1. The molecule has 0 aliphatic carbocycles. The molecule has 5 nitrogen and oxygen atoms in total. The molecule has 1 aromatic heterocycles. The number of H-pyrrole nitrogens is 1. The number of halogens is 1. The quantitative estimate of drug-likeness (QED) is 0.844. The minimum absolute atomic E-state index is 0.00401. The van der Waals surface area contributed by atoms with Crippen molar-refractivity contribution in [3.05, 3.63) is 51.4 Å². The van der Waals surface area contributed by atoms with Gasteiger partial charge < -0.3 is 10.1 Å². The van der Waals surface area contributed by atoms with Crippen LogP contribution in [0.15, 0.2) is 45.3 Å². The molecule has 0 atom stereocenters. The average Bonchev–Trinajstić information content (AvgIpc) is 2.28. The van der Waals surface area contributed by atoms with Crippen LogP contribution in [0.4, 0.5) is 0 Å². The minimum Gasteiger partial charge on any atom is -0.478 e. The summed E-state index contributed by atoms with van der Waals surface area (Å²) in [6.07, 6.45) is 1.35. The van der Waals surface area contributed by atoms with E-state index in [0.29, 0.717) is 10.1 Å². The van der Waals surface area contributed by atoms with Crippen LogP contribution in [0.1, 0.15) is 10.4 Å². The molecule has 2 aromatic rings. The van der Waals surface area contributed by atoms with Crippen LogP contribution in [0.25, 0.3) is 0 Å². The fraction of sp³-hybridized carbons (Fsp3) is 0. The Hall–Kier alpha value is -1.79. The fourth-order valence-electron chi connectivity index (χ4n) is 1.30. The van der Waals surface area contributed by atoms with Gasteiger partial charge in [0.2, 0.25) is 0 Å². The zero-order chi connectivity index (χ0) is 13.1. The molecule has 2 N–H and O–H groups in total. The van der Waals surface area contributed by atoms with Crippen molar-refractivity contribution < 1.29 is 9.90 Å². The van der Waals surface area contributed by atoms with Gasteiger partial charge in [-0.05, 0) is 12.1 Å². The van der Waals surface area contributed by atoms with Crippen LogP contribution in [0, 0.1) is 0 Å². The normalized spacial score (nSPS) is 10.3. The molecule has 0 saturated heterocycles. The van der Waals surface area contributed by atoms with Crippen molar-refractivity contribution in [1.82, 2.24) is 9.97 Å². The van der Waals surface area contributed by atoms with Crippen molar-refractivity contribution in [2.75, 3.05) is 0 Å². The molecule has 18 heavy (non-hydrogen) atoms. The van der Waals surface area contributed by atoms with E-state index >= 15 is 0 Å². The van der Waals surface area contributed by atoms with Crippen LogP contribution in [-0.4, -0.2) is 21.0 Å². The molecule has 0 spiro atoms. The van der Waals surface area contributed by atoms with Gasteiger partial charge in [-0.3, -0.25) is 4.79 Å². The Morgan fingerprint density at radius 2 is 2.17 bits per heavy atom. The molecule has 92 valence electrons. The second-order valence-electron chi connectivity index (χ2n) is 3.26. The summed E-state index contributed by atoms with van der Waals surface area (Å²) in [6, 6.07) is 6.02. The number of aromatic nitrogens is 2. The monoisotopic (exact) mass is 282 g/mol. The topological polar surface area (TPSA) is 83.0 Å². The van der Waals surface area contributed by atoms with Crippen molar-refractivity contribution in [3.63, 3.8) is 0 Å². The van der Waals surface area contributed by atoms with Crippen molar-refractivity contribution >= 4 is 29.3 Å². The van der Waals surface area contributed by atoms with Crippen LogP contribution in [0.3, 0.4) is 0 Å². The number of carboxylic acids is 1. The SMILES string of the molecule is O=C(O)c1c(Cl)cccc1Sc1nccc(=O)[nH]1. The van der Waals surface area contributed by atoms with E-state index in [9.17, 15) is 9.59 Å². The van der Waals surface area contributed by atoms with Gasteiger partial charge in [0, 0.05) is 17.2 Å². The molecule has 0 amide bonds. The molecule has 0 aliphatic rings. The molecule has 1 heterocycles. The number of hydrogen-bond acceptors (Lipinski definition) is 4. The van der Waals surface area contributed by atoms with Gasteiger partial charge >= 0.3 is 5.97 Å². The number of nitrogens with zero attached hydrogens (tertiary/aromatic N) is 1.